The molecule has 7 nitrogen and oxygen atoms in total. The van der Waals surface area contributed by atoms with E-state index in [1.54, 1.807) is 29.2 Å². The van der Waals surface area contributed by atoms with Gasteiger partial charge in [-0.3, -0.25) is 14.5 Å². The second kappa shape index (κ2) is 7.84. The van der Waals surface area contributed by atoms with Gasteiger partial charge in [0, 0.05) is 13.1 Å². The van der Waals surface area contributed by atoms with Gasteiger partial charge >= 0.3 is 0 Å². The first-order valence-electron chi connectivity index (χ1n) is 9.30. The van der Waals surface area contributed by atoms with E-state index in [9.17, 15) is 19.8 Å². The second-order valence-corrected chi connectivity index (χ2v) is 6.83. The third-order valence-corrected chi connectivity index (χ3v) is 5.51. The van der Waals surface area contributed by atoms with E-state index >= 15 is 0 Å². The lowest BCUT2D eigenvalue weighted by molar-refractivity contribution is -0.156. The maximum Gasteiger partial charge on any atom is 0.261 e. The molecule has 0 spiro atoms. The molecule has 0 aromatic heterocycles. The van der Waals surface area contributed by atoms with Gasteiger partial charge in [0.25, 0.3) is 11.8 Å². The lowest BCUT2D eigenvalue weighted by Gasteiger charge is -2.44. The molecule has 2 amide bonds. The summed E-state index contributed by atoms with van der Waals surface area (Å²) in [7, 11) is 0. The fourth-order valence-corrected chi connectivity index (χ4v) is 3.88. The molecule has 0 saturated carbocycles. The van der Waals surface area contributed by atoms with Crippen LogP contribution >= 0.6 is 0 Å². The molecule has 3 atom stereocenters. The summed E-state index contributed by atoms with van der Waals surface area (Å²) in [5.41, 5.74) is 0.760. The first-order chi connectivity index (χ1) is 12.5. The third-order valence-electron chi connectivity index (χ3n) is 5.51. The van der Waals surface area contributed by atoms with Crippen LogP contribution in [0.4, 0.5) is 0 Å². The number of rotatable bonds is 6. The fraction of sp³-hybridized carbons (Fsp3) is 0.579. The number of hydrogen-bond acceptors (Lipinski definition) is 6. The number of aliphatic hydroxyl groups excluding tert-OH is 2. The minimum Gasteiger partial charge on any atom is -0.378 e. The minimum absolute atomic E-state index is 0.366. The molecule has 2 aliphatic rings. The Labute approximate surface area is 153 Å². The lowest BCUT2D eigenvalue weighted by Crippen LogP contribution is -2.61. The van der Waals surface area contributed by atoms with Gasteiger partial charge in [0.2, 0.25) is 0 Å². The molecular formula is C19H27N3O4. The molecule has 1 saturated heterocycles. The van der Waals surface area contributed by atoms with Gasteiger partial charge in [0.1, 0.15) is 12.5 Å². The van der Waals surface area contributed by atoms with E-state index in [1.165, 1.54) is 4.90 Å². The number of nitrogens with zero attached hydrogens (tertiary/aromatic N) is 3. The van der Waals surface area contributed by atoms with Crippen LogP contribution in [-0.2, 0) is 0 Å². The van der Waals surface area contributed by atoms with Crippen LogP contribution in [0.1, 0.15) is 47.4 Å². The summed E-state index contributed by atoms with van der Waals surface area (Å²) in [6.07, 6.45) is -1.05. The van der Waals surface area contributed by atoms with Gasteiger partial charge in [0.15, 0.2) is 0 Å². The molecular weight excluding hydrogens is 334 g/mol. The van der Waals surface area contributed by atoms with Crippen LogP contribution in [0.3, 0.4) is 0 Å². The van der Waals surface area contributed by atoms with Crippen molar-refractivity contribution in [3.05, 3.63) is 35.4 Å². The second-order valence-electron chi connectivity index (χ2n) is 6.83. The largest absolute Gasteiger partial charge is 0.378 e. The van der Waals surface area contributed by atoms with E-state index in [-0.39, 0.29) is 11.8 Å². The van der Waals surface area contributed by atoms with Crippen molar-refractivity contribution >= 4 is 11.8 Å². The van der Waals surface area contributed by atoms with Gasteiger partial charge < -0.3 is 15.1 Å². The maximum atomic E-state index is 12.7. The Bertz CT molecular complexity index is 642. The van der Waals surface area contributed by atoms with E-state index in [0.717, 1.165) is 13.1 Å². The molecule has 142 valence electrons. The molecule has 1 fully saturated rings. The molecule has 3 rings (SSSR count). The van der Waals surface area contributed by atoms with Crippen molar-refractivity contribution < 1.29 is 19.8 Å². The van der Waals surface area contributed by atoms with Crippen LogP contribution < -0.4 is 0 Å². The molecule has 1 aromatic carbocycles. The van der Waals surface area contributed by atoms with Gasteiger partial charge in [-0.15, -0.1) is 0 Å². The van der Waals surface area contributed by atoms with Crippen molar-refractivity contribution in [1.82, 2.24) is 14.7 Å². The highest BCUT2D eigenvalue weighted by Crippen LogP contribution is 2.31. The van der Waals surface area contributed by atoms with E-state index in [1.807, 2.05) is 0 Å². The highest BCUT2D eigenvalue weighted by Gasteiger charge is 2.46. The summed E-state index contributed by atoms with van der Waals surface area (Å²) in [4.78, 5) is 30.4. The maximum absolute atomic E-state index is 12.7. The van der Waals surface area contributed by atoms with E-state index < -0.39 is 18.5 Å². The van der Waals surface area contributed by atoms with Crippen LogP contribution in [0.15, 0.2) is 24.3 Å². The number of benzene rings is 1. The third kappa shape index (κ3) is 3.27. The zero-order valence-corrected chi connectivity index (χ0v) is 15.3. The van der Waals surface area contributed by atoms with Crippen LogP contribution in [0.25, 0.3) is 0 Å². The Balaban J connectivity index is 1.77. The number of carbonyl (C=O) groups excluding carboxylic acids is 2. The van der Waals surface area contributed by atoms with Crippen molar-refractivity contribution in [2.45, 2.75) is 45.2 Å². The normalized spacial score (nSPS) is 26.7. The topological polar surface area (TPSA) is 84.3 Å². The van der Waals surface area contributed by atoms with Gasteiger partial charge in [-0.05, 0) is 38.1 Å². The van der Waals surface area contributed by atoms with E-state index in [0.29, 0.717) is 37.1 Å². The predicted octanol–water partition coefficient (Wildman–Crippen LogP) is 0.726. The van der Waals surface area contributed by atoms with Gasteiger partial charge in [-0.2, -0.15) is 0 Å². The van der Waals surface area contributed by atoms with Crippen molar-refractivity contribution in [3.8, 4) is 0 Å². The standard InChI is InChI=1S/C19H27N3O4/c1-3-20(4-2)11-12-21-16(23)10-9-15(19(21)26)22-17(24)13-7-5-6-8-14(13)18(22)25/h5-8,15-16,19,23,26H,3-4,9-12H2,1-2H3. The van der Waals surface area contributed by atoms with Crippen LogP contribution in [0.2, 0.25) is 0 Å². The highest BCUT2D eigenvalue weighted by atomic mass is 16.3. The average Bonchev–Trinajstić information content (AvgIpc) is 2.90. The molecule has 2 aliphatic heterocycles. The Morgan fingerprint density at radius 2 is 1.62 bits per heavy atom. The number of aliphatic hydroxyl groups is 2. The predicted molar refractivity (Wildman–Crippen MR) is 96.5 cm³/mol. The van der Waals surface area contributed by atoms with Crippen molar-refractivity contribution in [2.75, 3.05) is 26.2 Å². The molecule has 0 aliphatic carbocycles. The first-order valence-corrected chi connectivity index (χ1v) is 9.30. The summed E-state index contributed by atoms with van der Waals surface area (Å²) < 4.78 is 0. The fourth-order valence-electron chi connectivity index (χ4n) is 3.88. The van der Waals surface area contributed by atoms with Crippen molar-refractivity contribution in [2.24, 2.45) is 0 Å². The Morgan fingerprint density at radius 3 is 2.15 bits per heavy atom. The summed E-state index contributed by atoms with van der Waals surface area (Å²) in [6.45, 7) is 7.08. The summed E-state index contributed by atoms with van der Waals surface area (Å²) in [5.74, 6) is -0.732. The number of fused-ring (bicyclic) bond motifs is 1. The molecule has 0 bridgehead atoms. The summed E-state index contributed by atoms with van der Waals surface area (Å²) in [6, 6.07) is 6.08. The molecule has 3 unspecified atom stereocenters. The SMILES string of the molecule is CCN(CC)CCN1C(O)CCC(N2C(=O)c3ccccc3C2=O)C1O. The van der Waals surface area contributed by atoms with Crippen LogP contribution in [0, 0.1) is 0 Å². The smallest absolute Gasteiger partial charge is 0.261 e. The number of hydrogen-bond donors (Lipinski definition) is 2. The number of likely N-dealkylation sites (N-methyl/N-ethyl adjacent to an activating group) is 1. The number of likely N-dealkylation sites (tertiary alicyclic amines) is 1. The summed E-state index contributed by atoms with van der Waals surface area (Å²) in [5, 5.41) is 21.2. The number of imide groups is 1. The van der Waals surface area contributed by atoms with Gasteiger partial charge in [-0.1, -0.05) is 26.0 Å². The monoisotopic (exact) mass is 361 g/mol. The Morgan fingerprint density at radius 1 is 1.04 bits per heavy atom. The zero-order valence-electron chi connectivity index (χ0n) is 15.3. The number of carbonyl (C=O) groups is 2. The van der Waals surface area contributed by atoms with Gasteiger partial charge in [0.05, 0.1) is 17.2 Å². The average molecular weight is 361 g/mol. The van der Waals surface area contributed by atoms with Gasteiger partial charge in [-0.25, -0.2) is 4.90 Å². The Kier molecular flexibility index (Phi) is 5.72. The lowest BCUT2D eigenvalue weighted by atomic mass is 10.00. The Hall–Kier alpha value is -1.80. The quantitative estimate of drug-likeness (QED) is 0.727. The van der Waals surface area contributed by atoms with E-state index in [4.69, 9.17) is 0 Å². The molecule has 26 heavy (non-hydrogen) atoms. The molecule has 7 heteroatoms. The molecule has 0 radical (unpaired) electrons. The van der Waals surface area contributed by atoms with Crippen molar-refractivity contribution in [3.63, 3.8) is 0 Å². The number of piperidine rings is 1. The highest BCUT2D eigenvalue weighted by molar-refractivity contribution is 6.21. The molecule has 2 N–H and O–H groups in total. The molecule has 2 heterocycles. The minimum atomic E-state index is -1.07. The first kappa shape index (κ1) is 19.0. The van der Waals surface area contributed by atoms with Crippen LogP contribution in [-0.4, -0.2) is 81.4 Å². The zero-order chi connectivity index (χ0) is 18.8. The van der Waals surface area contributed by atoms with E-state index in [2.05, 4.69) is 18.7 Å². The number of amides is 2. The summed E-state index contributed by atoms with van der Waals surface area (Å²) >= 11 is 0. The van der Waals surface area contributed by atoms with Crippen LogP contribution in [0.5, 0.6) is 0 Å². The molecule has 1 aromatic rings. The van der Waals surface area contributed by atoms with Crippen molar-refractivity contribution in [1.29, 1.82) is 0 Å².